The highest BCUT2D eigenvalue weighted by Crippen LogP contribution is 2.18. The van der Waals surface area contributed by atoms with Crippen LogP contribution in [-0.2, 0) is 0 Å². The Labute approximate surface area is 157 Å². The summed E-state index contributed by atoms with van der Waals surface area (Å²) in [6.07, 6.45) is 3.87. The number of benzene rings is 2. The van der Waals surface area contributed by atoms with Gasteiger partial charge in [-0.1, -0.05) is 35.1 Å². The number of rotatable bonds is 2. The number of imidazole rings is 1. The van der Waals surface area contributed by atoms with Crippen LogP contribution in [0.5, 0.6) is 0 Å². The molecule has 0 aliphatic heterocycles. The van der Waals surface area contributed by atoms with E-state index in [4.69, 9.17) is 11.6 Å². The van der Waals surface area contributed by atoms with E-state index >= 15 is 0 Å². The monoisotopic (exact) mass is 377 g/mol. The van der Waals surface area contributed by atoms with E-state index in [2.05, 4.69) is 4.98 Å². The third kappa shape index (κ3) is 2.36. The predicted molar refractivity (Wildman–Crippen MR) is 106 cm³/mol. The topological polar surface area (TPSA) is 39.3 Å². The first kappa shape index (κ1) is 15.4. The zero-order valence-corrected chi connectivity index (χ0v) is 15.0. The summed E-state index contributed by atoms with van der Waals surface area (Å²) in [6, 6.07) is 19.2. The molecule has 5 aromatic rings. The normalized spacial score (nSPS) is 12.4. The number of thiazole rings is 1. The van der Waals surface area contributed by atoms with Crippen LogP contribution in [0.2, 0.25) is 5.02 Å². The Balaban J connectivity index is 1.71. The van der Waals surface area contributed by atoms with Crippen LogP contribution >= 0.6 is 22.9 Å². The maximum atomic E-state index is 12.9. The predicted octanol–water partition coefficient (Wildman–Crippen LogP) is 3.90. The van der Waals surface area contributed by atoms with Crippen molar-refractivity contribution in [2.45, 2.75) is 0 Å². The van der Waals surface area contributed by atoms with E-state index in [0.717, 1.165) is 22.4 Å². The van der Waals surface area contributed by atoms with Crippen LogP contribution in [0.15, 0.2) is 71.7 Å². The number of fused-ring (bicyclic) bond motifs is 3. The molecule has 0 unspecified atom stereocenters. The SMILES string of the molecule is O=c1/c(=C\c2cccn2-c2ccc(Cl)cc2)sc2nc3ccccc3n12. The standard InChI is InChI=1S/C20H12ClN3OS/c21-13-7-9-14(10-8-13)23-11-3-4-15(23)12-18-19(25)24-17-6-2-1-5-16(17)22-20(24)26-18/h1-12H/b18-12+. The zero-order valence-electron chi connectivity index (χ0n) is 13.5. The minimum atomic E-state index is -0.0393. The van der Waals surface area contributed by atoms with Gasteiger partial charge in [0.25, 0.3) is 5.56 Å². The summed E-state index contributed by atoms with van der Waals surface area (Å²) in [5.74, 6) is 0. The molecule has 3 aromatic heterocycles. The molecule has 4 nitrogen and oxygen atoms in total. The van der Waals surface area contributed by atoms with Gasteiger partial charge >= 0.3 is 0 Å². The molecule has 6 heteroatoms. The van der Waals surface area contributed by atoms with Gasteiger partial charge in [-0.15, -0.1) is 0 Å². The van der Waals surface area contributed by atoms with Crippen LogP contribution in [-0.4, -0.2) is 14.0 Å². The second kappa shape index (κ2) is 5.83. The summed E-state index contributed by atoms with van der Waals surface area (Å²) in [6.45, 7) is 0. The van der Waals surface area contributed by atoms with Crippen molar-refractivity contribution in [2.75, 3.05) is 0 Å². The molecular formula is C20H12ClN3OS. The van der Waals surface area contributed by atoms with Gasteiger partial charge < -0.3 is 4.57 Å². The first-order chi connectivity index (χ1) is 12.7. The van der Waals surface area contributed by atoms with Gasteiger partial charge in [-0.05, 0) is 54.6 Å². The molecule has 0 saturated carbocycles. The van der Waals surface area contributed by atoms with Crippen molar-refractivity contribution < 1.29 is 0 Å². The Morgan fingerprint density at radius 1 is 1.00 bits per heavy atom. The fourth-order valence-corrected chi connectivity index (χ4v) is 4.19. The maximum Gasteiger partial charge on any atom is 0.275 e. The second-order valence-electron chi connectivity index (χ2n) is 5.91. The van der Waals surface area contributed by atoms with Crippen molar-refractivity contribution >= 4 is 45.0 Å². The number of nitrogens with zero attached hydrogens (tertiary/aromatic N) is 3. The second-order valence-corrected chi connectivity index (χ2v) is 7.36. The Hall–Kier alpha value is -2.89. The van der Waals surface area contributed by atoms with E-state index in [0.29, 0.717) is 14.5 Å². The van der Waals surface area contributed by atoms with E-state index in [1.807, 2.05) is 77.5 Å². The van der Waals surface area contributed by atoms with Crippen molar-refractivity contribution in [3.05, 3.63) is 92.5 Å². The minimum Gasteiger partial charge on any atom is -0.317 e. The molecule has 26 heavy (non-hydrogen) atoms. The number of para-hydroxylation sites is 2. The molecular weight excluding hydrogens is 366 g/mol. The molecule has 0 spiro atoms. The Morgan fingerprint density at radius 2 is 1.81 bits per heavy atom. The van der Waals surface area contributed by atoms with Crippen molar-refractivity contribution in [3.8, 4) is 5.69 Å². The summed E-state index contributed by atoms with van der Waals surface area (Å²) in [5.41, 5.74) is 3.56. The molecule has 2 aromatic carbocycles. The molecule has 5 rings (SSSR count). The fraction of sp³-hybridized carbons (Fsp3) is 0. The molecule has 0 aliphatic rings. The summed E-state index contributed by atoms with van der Waals surface area (Å²) in [7, 11) is 0. The first-order valence-corrected chi connectivity index (χ1v) is 9.25. The molecule has 0 amide bonds. The summed E-state index contributed by atoms with van der Waals surface area (Å²) >= 11 is 7.38. The van der Waals surface area contributed by atoms with Crippen LogP contribution in [0.4, 0.5) is 0 Å². The van der Waals surface area contributed by atoms with E-state index in [1.165, 1.54) is 11.3 Å². The molecule has 3 heterocycles. The summed E-state index contributed by atoms with van der Waals surface area (Å²) in [4.78, 5) is 18.2. The van der Waals surface area contributed by atoms with Crippen molar-refractivity contribution in [1.29, 1.82) is 0 Å². The molecule has 0 aliphatic carbocycles. The average Bonchev–Trinajstić information content (AvgIpc) is 3.32. The maximum absolute atomic E-state index is 12.9. The lowest BCUT2D eigenvalue weighted by Gasteiger charge is -2.06. The molecule has 0 bridgehead atoms. The molecule has 0 radical (unpaired) electrons. The largest absolute Gasteiger partial charge is 0.317 e. The van der Waals surface area contributed by atoms with Gasteiger partial charge in [0.05, 0.1) is 15.6 Å². The van der Waals surface area contributed by atoms with Crippen LogP contribution in [0.1, 0.15) is 5.69 Å². The lowest BCUT2D eigenvalue weighted by Crippen LogP contribution is -2.23. The van der Waals surface area contributed by atoms with E-state index in [9.17, 15) is 4.79 Å². The lowest BCUT2D eigenvalue weighted by molar-refractivity contribution is 1.06. The van der Waals surface area contributed by atoms with Gasteiger partial charge in [0.2, 0.25) is 0 Å². The van der Waals surface area contributed by atoms with Crippen LogP contribution < -0.4 is 10.1 Å². The van der Waals surface area contributed by atoms with Crippen molar-refractivity contribution in [1.82, 2.24) is 14.0 Å². The van der Waals surface area contributed by atoms with Crippen molar-refractivity contribution in [3.63, 3.8) is 0 Å². The van der Waals surface area contributed by atoms with Crippen molar-refractivity contribution in [2.24, 2.45) is 0 Å². The molecule has 0 saturated heterocycles. The van der Waals surface area contributed by atoms with Gasteiger partial charge in [-0.25, -0.2) is 9.38 Å². The van der Waals surface area contributed by atoms with Crippen LogP contribution in [0, 0.1) is 0 Å². The van der Waals surface area contributed by atoms with Gasteiger partial charge in [0, 0.05) is 22.6 Å². The summed E-state index contributed by atoms with van der Waals surface area (Å²) in [5, 5.41) is 0.694. The summed E-state index contributed by atoms with van der Waals surface area (Å²) < 4.78 is 4.37. The van der Waals surface area contributed by atoms with Crippen LogP contribution in [0.3, 0.4) is 0 Å². The number of halogens is 1. The lowest BCUT2D eigenvalue weighted by atomic mass is 10.3. The molecule has 0 N–H and O–H groups in total. The van der Waals surface area contributed by atoms with Gasteiger partial charge in [-0.2, -0.15) is 0 Å². The molecule has 0 atom stereocenters. The average molecular weight is 378 g/mol. The van der Waals surface area contributed by atoms with Crippen LogP contribution in [0.25, 0.3) is 27.8 Å². The molecule has 126 valence electrons. The number of hydrogen-bond acceptors (Lipinski definition) is 3. The Morgan fingerprint density at radius 3 is 2.65 bits per heavy atom. The van der Waals surface area contributed by atoms with E-state index in [-0.39, 0.29) is 5.56 Å². The highest BCUT2D eigenvalue weighted by atomic mass is 35.5. The fourth-order valence-electron chi connectivity index (χ4n) is 3.09. The zero-order chi connectivity index (χ0) is 17.7. The quantitative estimate of drug-likeness (QED) is 0.468. The molecule has 0 fully saturated rings. The third-order valence-electron chi connectivity index (χ3n) is 4.31. The van der Waals surface area contributed by atoms with E-state index in [1.54, 1.807) is 4.40 Å². The highest BCUT2D eigenvalue weighted by Gasteiger charge is 2.11. The smallest absolute Gasteiger partial charge is 0.275 e. The Bertz CT molecular complexity index is 1360. The van der Waals surface area contributed by atoms with Gasteiger partial charge in [0.1, 0.15) is 0 Å². The Kier molecular flexibility index (Phi) is 3.45. The highest BCUT2D eigenvalue weighted by molar-refractivity contribution is 7.15. The minimum absolute atomic E-state index is 0.0393. The van der Waals surface area contributed by atoms with E-state index < -0.39 is 0 Å². The number of hydrogen-bond donors (Lipinski definition) is 0. The van der Waals surface area contributed by atoms with Gasteiger partial charge in [-0.3, -0.25) is 4.79 Å². The van der Waals surface area contributed by atoms with Gasteiger partial charge in [0.15, 0.2) is 4.96 Å². The first-order valence-electron chi connectivity index (χ1n) is 8.06. The number of aromatic nitrogens is 3. The third-order valence-corrected chi connectivity index (χ3v) is 5.53.